The first kappa shape index (κ1) is 21.4. The number of pyridine rings is 2. The maximum absolute atomic E-state index is 12.7. The van der Waals surface area contributed by atoms with Crippen LogP contribution in [0.2, 0.25) is 0 Å². The number of hydrazone groups is 1. The summed E-state index contributed by atoms with van der Waals surface area (Å²) in [5.41, 5.74) is 9.60. The van der Waals surface area contributed by atoms with Gasteiger partial charge in [-0.2, -0.15) is 5.10 Å². The molecule has 34 heavy (non-hydrogen) atoms. The Balaban J connectivity index is 1.44. The summed E-state index contributed by atoms with van der Waals surface area (Å²) in [7, 11) is 0. The van der Waals surface area contributed by atoms with Gasteiger partial charge in [0.2, 0.25) is 0 Å². The van der Waals surface area contributed by atoms with Crippen LogP contribution in [0.5, 0.6) is 0 Å². The number of amidine groups is 1. The van der Waals surface area contributed by atoms with Crippen LogP contribution < -0.4 is 22.2 Å². The van der Waals surface area contributed by atoms with Crippen LogP contribution in [0.4, 0.5) is 11.5 Å². The van der Waals surface area contributed by atoms with Crippen molar-refractivity contribution in [1.29, 1.82) is 0 Å². The van der Waals surface area contributed by atoms with Crippen molar-refractivity contribution < 1.29 is 4.79 Å². The molecule has 0 spiro atoms. The third-order valence-corrected chi connectivity index (χ3v) is 6.34. The van der Waals surface area contributed by atoms with E-state index >= 15 is 0 Å². The van der Waals surface area contributed by atoms with Gasteiger partial charge in [-0.25, -0.2) is 4.98 Å². The number of benzene rings is 2. The highest BCUT2D eigenvalue weighted by atomic mass is 32.1. The number of nitrogens with two attached hydrogens (primary N) is 2. The molecule has 0 saturated carbocycles. The van der Waals surface area contributed by atoms with E-state index in [-0.39, 0.29) is 11.7 Å². The summed E-state index contributed by atoms with van der Waals surface area (Å²) in [4.78, 5) is 21.6. The van der Waals surface area contributed by atoms with Crippen molar-refractivity contribution in [3.63, 3.8) is 0 Å². The minimum atomic E-state index is -0.166. The van der Waals surface area contributed by atoms with Gasteiger partial charge in [0.25, 0.3) is 5.91 Å². The van der Waals surface area contributed by atoms with Crippen molar-refractivity contribution in [1.82, 2.24) is 15.3 Å². The number of amides is 1. The molecule has 3 aromatic heterocycles. The predicted molar refractivity (Wildman–Crippen MR) is 137 cm³/mol. The third kappa shape index (κ3) is 4.24. The molecule has 2 aromatic carbocycles. The molecular formula is C25H21N7OS. The highest BCUT2D eigenvalue weighted by molar-refractivity contribution is 7.18. The fourth-order valence-corrected chi connectivity index (χ4v) is 4.62. The molecular weight excluding hydrogens is 446 g/mol. The van der Waals surface area contributed by atoms with Gasteiger partial charge >= 0.3 is 0 Å². The van der Waals surface area contributed by atoms with Gasteiger partial charge in [0, 0.05) is 51.2 Å². The minimum absolute atomic E-state index is 0.166. The number of nitrogens with zero attached hydrogens (tertiary/aromatic N) is 3. The first-order valence-electron chi connectivity index (χ1n) is 10.5. The smallest absolute Gasteiger partial charge is 0.251 e. The molecule has 168 valence electrons. The third-order valence-electron chi connectivity index (χ3n) is 5.39. The fraction of sp³-hybridized carbons (Fsp3) is 0.0400. The zero-order chi connectivity index (χ0) is 23.5. The number of hydrogen-bond donors (Lipinski definition) is 4. The van der Waals surface area contributed by atoms with Gasteiger partial charge in [-0.05, 0) is 47.3 Å². The number of thiophene rings is 1. The fourth-order valence-electron chi connectivity index (χ4n) is 3.69. The summed E-state index contributed by atoms with van der Waals surface area (Å²) < 4.78 is 1.10. The lowest BCUT2D eigenvalue weighted by Gasteiger charge is -2.11. The Morgan fingerprint density at radius 3 is 2.76 bits per heavy atom. The zero-order valence-corrected chi connectivity index (χ0v) is 18.8. The molecule has 0 aliphatic heterocycles. The molecule has 3 heterocycles. The number of aromatic nitrogens is 2. The molecule has 0 aliphatic carbocycles. The number of carbonyl (C=O) groups is 1. The molecule has 9 heteroatoms. The maximum atomic E-state index is 12.7. The quantitative estimate of drug-likeness (QED) is 0.129. The van der Waals surface area contributed by atoms with Crippen LogP contribution in [0, 0.1) is 0 Å². The van der Waals surface area contributed by atoms with Crippen molar-refractivity contribution in [3.05, 3.63) is 95.1 Å². The van der Waals surface area contributed by atoms with E-state index in [1.165, 1.54) is 0 Å². The van der Waals surface area contributed by atoms with Crippen LogP contribution in [0.25, 0.3) is 21.0 Å². The van der Waals surface area contributed by atoms with Crippen molar-refractivity contribution in [2.45, 2.75) is 6.54 Å². The van der Waals surface area contributed by atoms with Crippen LogP contribution >= 0.6 is 11.3 Å². The number of fused-ring (bicyclic) bond motifs is 3. The number of carbonyl (C=O) groups excluding carboxylic acids is 1. The number of hydrogen-bond acceptors (Lipinski definition) is 7. The van der Waals surface area contributed by atoms with E-state index in [4.69, 9.17) is 16.6 Å². The van der Waals surface area contributed by atoms with Crippen molar-refractivity contribution in [3.8, 4) is 0 Å². The van der Waals surface area contributed by atoms with Crippen molar-refractivity contribution >= 4 is 55.6 Å². The SMILES string of the molecule is N/N=C(\N)c1ccc2c(c1)nc(Nc1cccc(C(=O)NCc3cccnc3)c1)c1ccsc12. The number of nitrogens with one attached hydrogen (secondary N) is 2. The Kier molecular flexibility index (Phi) is 5.75. The Bertz CT molecular complexity index is 1530. The van der Waals surface area contributed by atoms with Gasteiger partial charge in [0.1, 0.15) is 11.7 Å². The molecule has 0 atom stereocenters. The molecule has 5 rings (SSSR count). The number of rotatable bonds is 6. The van der Waals surface area contributed by atoms with E-state index in [1.54, 1.807) is 35.9 Å². The second-order valence-corrected chi connectivity index (χ2v) is 8.54. The summed E-state index contributed by atoms with van der Waals surface area (Å²) in [6.07, 6.45) is 3.43. The Morgan fingerprint density at radius 2 is 1.94 bits per heavy atom. The summed E-state index contributed by atoms with van der Waals surface area (Å²) >= 11 is 1.64. The lowest BCUT2D eigenvalue weighted by molar-refractivity contribution is 0.0951. The second kappa shape index (κ2) is 9.16. The maximum Gasteiger partial charge on any atom is 0.251 e. The summed E-state index contributed by atoms with van der Waals surface area (Å²) in [6.45, 7) is 0.406. The first-order chi connectivity index (χ1) is 16.6. The van der Waals surface area contributed by atoms with Crippen molar-refractivity contribution in [2.75, 3.05) is 5.32 Å². The molecule has 0 fully saturated rings. The topological polar surface area (TPSA) is 131 Å². The average molecular weight is 468 g/mol. The highest BCUT2D eigenvalue weighted by Crippen LogP contribution is 2.35. The molecule has 8 nitrogen and oxygen atoms in total. The lowest BCUT2D eigenvalue weighted by Crippen LogP contribution is -2.22. The largest absolute Gasteiger partial charge is 0.382 e. The normalized spacial score (nSPS) is 11.6. The summed E-state index contributed by atoms with van der Waals surface area (Å²) in [6, 6.07) is 18.8. The van der Waals surface area contributed by atoms with E-state index < -0.39 is 0 Å². The van der Waals surface area contributed by atoms with Crippen LogP contribution in [0.3, 0.4) is 0 Å². The lowest BCUT2D eigenvalue weighted by atomic mass is 10.1. The van der Waals surface area contributed by atoms with Gasteiger partial charge in [0.05, 0.1) is 5.52 Å². The zero-order valence-electron chi connectivity index (χ0n) is 18.0. The molecule has 0 aliphatic rings. The average Bonchev–Trinajstić information content (AvgIpc) is 3.38. The number of anilines is 2. The van der Waals surface area contributed by atoms with E-state index in [0.717, 1.165) is 32.2 Å². The molecule has 6 N–H and O–H groups in total. The van der Waals surface area contributed by atoms with Gasteiger partial charge in [-0.1, -0.05) is 24.3 Å². The van der Waals surface area contributed by atoms with E-state index in [2.05, 4.69) is 20.7 Å². The van der Waals surface area contributed by atoms with Crippen LogP contribution in [0.1, 0.15) is 21.5 Å². The Hall–Kier alpha value is -4.50. The van der Waals surface area contributed by atoms with E-state index in [1.807, 2.05) is 53.9 Å². The van der Waals surface area contributed by atoms with Crippen LogP contribution in [0.15, 0.2) is 83.5 Å². The predicted octanol–water partition coefficient (Wildman–Crippen LogP) is 4.10. The molecule has 0 unspecified atom stereocenters. The minimum Gasteiger partial charge on any atom is -0.382 e. The standard InChI is InChI=1S/C25H21N7OS/c26-23(32-27)16-6-7-19-21(12-16)31-24(20-8-10-34-22(19)20)30-18-5-1-4-17(11-18)25(33)29-14-15-3-2-9-28-13-15/h1-13H,14,27H2,(H2,26,32)(H,29,33)(H,30,31). The molecule has 0 bridgehead atoms. The molecule has 1 amide bonds. The van der Waals surface area contributed by atoms with Gasteiger partial charge in [-0.3, -0.25) is 9.78 Å². The summed E-state index contributed by atoms with van der Waals surface area (Å²) in [5.74, 6) is 6.11. The molecule has 5 aromatic rings. The van der Waals surface area contributed by atoms with Gasteiger partial charge in [0.15, 0.2) is 0 Å². The van der Waals surface area contributed by atoms with Crippen LogP contribution in [-0.2, 0) is 6.54 Å². The monoisotopic (exact) mass is 467 g/mol. The highest BCUT2D eigenvalue weighted by Gasteiger charge is 2.13. The van der Waals surface area contributed by atoms with Crippen LogP contribution in [-0.4, -0.2) is 21.7 Å². The second-order valence-electron chi connectivity index (χ2n) is 7.62. The Labute approximate surface area is 199 Å². The van der Waals surface area contributed by atoms with Crippen molar-refractivity contribution in [2.24, 2.45) is 16.7 Å². The van der Waals surface area contributed by atoms with E-state index in [9.17, 15) is 4.79 Å². The van der Waals surface area contributed by atoms with Gasteiger partial charge in [-0.15, -0.1) is 11.3 Å². The van der Waals surface area contributed by atoms with Gasteiger partial charge < -0.3 is 22.2 Å². The first-order valence-corrected chi connectivity index (χ1v) is 11.4. The summed E-state index contributed by atoms with van der Waals surface area (Å²) in [5, 5.41) is 13.9. The molecule has 0 saturated heterocycles. The Morgan fingerprint density at radius 1 is 1.03 bits per heavy atom. The van der Waals surface area contributed by atoms with E-state index in [0.29, 0.717) is 23.5 Å². The molecule has 0 radical (unpaired) electrons.